The van der Waals surface area contributed by atoms with E-state index in [1.54, 1.807) is 0 Å². The van der Waals surface area contributed by atoms with E-state index in [1.807, 2.05) is 18.2 Å². The molecular weight excluding hydrogens is 271 g/mol. The van der Waals surface area contributed by atoms with Crippen LogP contribution < -0.4 is 0 Å². The third-order valence-electron chi connectivity index (χ3n) is 3.54. The molecule has 1 aliphatic heterocycles. The van der Waals surface area contributed by atoms with Crippen LogP contribution in [0.2, 0.25) is 5.02 Å². The van der Waals surface area contributed by atoms with E-state index in [9.17, 15) is 0 Å². The Morgan fingerprint density at radius 2 is 2.33 bits per heavy atom. The molecule has 0 bridgehead atoms. The molecule has 2 heterocycles. The second-order valence-electron chi connectivity index (χ2n) is 4.93. The van der Waals surface area contributed by atoms with Crippen LogP contribution in [0.3, 0.4) is 0 Å². The first-order chi connectivity index (χ1) is 8.64. The maximum Gasteiger partial charge on any atom is 0.125 e. The zero-order valence-corrected chi connectivity index (χ0v) is 11.6. The molecule has 1 aliphatic rings. The average molecular weight is 285 g/mol. The third kappa shape index (κ3) is 1.81. The first-order valence-corrected chi connectivity index (χ1v) is 6.86. The number of halogens is 2. The van der Waals surface area contributed by atoms with Crippen LogP contribution in [0.1, 0.15) is 19.2 Å². The molecule has 3 nitrogen and oxygen atoms in total. The van der Waals surface area contributed by atoms with Crippen molar-refractivity contribution in [3.8, 4) is 0 Å². The molecule has 96 valence electrons. The highest BCUT2D eigenvalue weighted by Crippen LogP contribution is 2.33. The Morgan fingerprint density at radius 3 is 3.00 bits per heavy atom. The number of benzene rings is 1. The second-order valence-corrected chi connectivity index (χ2v) is 5.63. The molecule has 3 rings (SSSR count). The van der Waals surface area contributed by atoms with Gasteiger partial charge in [-0.1, -0.05) is 11.6 Å². The SMILES string of the molecule is CC1(n2c(CCl)nc3ccc(Cl)cc32)CCOC1. The summed E-state index contributed by atoms with van der Waals surface area (Å²) in [6.07, 6.45) is 0.967. The van der Waals surface area contributed by atoms with E-state index >= 15 is 0 Å². The van der Waals surface area contributed by atoms with Gasteiger partial charge in [0.05, 0.1) is 29.1 Å². The normalized spacial score (nSPS) is 23.9. The summed E-state index contributed by atoms with van der Waals surface area (Å²) in [6.45, 7) is 3.64. The van der Waals surface area contributed by atoms with Gasteiger partial charge in [0, 0.05) is 11.6 Å². The number of aromatic nitrogens is 2. The van der Waals surface area contributed by atoms with Crippen LogP contribution in [0.15, 0.2) is 18.2 Å². The summed E-state index contributed by atoms with van der Waals surface area (Å²) in [4.78, 5) is 4.58. The molecule has 0 radical (unpaired) electrons. The molecule has 1 fully saturated rings. The Kier molecular flexibility index (Phi) is 3.00. The van der Waals surface area contributed by atoms with Crippen LogP contribution >= 0.6 is 23.2 Å². The van der Waals surface area contributed by atoms with Crippen LogP contribution in [0, 0.1) is 0 Å². The number of rotatable bonds is 2. The zero-order valence-electron chi connectivity index (χ0n) is 10.1. The van der Waals surface area contributed by atoms with E-state index < -0.39 is 0 Å². The topological polar surface area (TPSA) is 27.1 Å². The lowest BCUT2D eigenvalue weighted by atomic mass is 10.0. The van der Waals surface area contributed by atoms with Crippen molar-refractivity contribution in [3.63, 3.8) is 0 Å². The maximum atomic E-state index is 6.09. The minimum absolute atomic E-state index is 0.0797. The van der Waals surface area contributed by atoms with E-state index in [-0.39, 0.29) is 5.54 Å². The lowest BCUT2D eigenvalue weighted by Gasteiger charge is -2.26. The summed E-state index contributed by atoms with van der Waals surface area (Å²) in [6, 6.07) is 5.74. The molecule has 0 spiro atoms. The summed E-state index contributed by atoms with van der Waals surface area (Å²) in [7, 11) is 0. The van der Waals surface area contributed by atoms with Gasteiger partial charge in [-0.05, 0) is 31.5 Å². The lowest BCUT2D eigenvalue weighted by molar-refractivity contribution is 0.162. The molecular formula is C13H14Cl2N2O. The Bertz CT molecular complexity index is 588. The highest BCUT2D eigenvalue weighted by atomic mass is 35.5. The summed E-state index contributed by atoms with van der Waals surface area (Å²) in [5.41, 5.74) is 1.89. The number of alkyl halides is 1. The molecule has 2 aromatic rings. The van der Waals surface area contributed by atoms with E-state index in [2.05, 4.69) is 16.5 Å². The van der Waals surface area contributed by atoms with Crippen LogP contribution in [0.4, 0.5) is 0 Å². The first kappa shape index (κ1) is 12.3. The molecule has 0 aliphatic carbocycles. The van der Waals surface area contributed by atoms with Crippen LogP contribution in [-0.4, -0.2) is 22.8 Å². The minimum Gasteiger partial charge on any atom is -0.379 e. The zero-order chi connectivity index (χ0) is 12.8. The van der Waals surface area contributed by atoms with Gasteiger partial charge in [0.15, 0.2) is 0 Å². The molecule has 1 aromatic heterocycles. The number of nitrogens with zero attached hydrogens (tertiary/aromatic N) is 2. The number of fused-ring (bicyclic) bond motifs is 1. The van der Waals surface area contributed by atoms with E-state index in [4.69, 9.17) is 27.9 Å². The van der Waals surface area contributed by atoms with Crippen molar-refractivity contribution in [2.45, 2.75) is 24.8 Å². The Hall–Kier alpha value is -0.770. The summed E-state index contributed by atoms with van der Waals surface area (Å²) < 4.78 is 7.73. The van der Waals surface area contributed by atoms with Crippen LogP contribution in [0.5, 0.6) is 0 Å². The van der Waals surface area contributed by atoms with Gasteiger partial charge >= 0.3 is 0 Å². The number of hydrogen-bond acceptors (Lipinski definition) is 2. The molecule has 1 unspecified atom stereocenters. The van der Waals surface area contributed by atoms with Crippen molar-refractivity contribution < 1.29 is 4.74 Å². The first-order valence-electron chi connectivity index (χ1n) is 5.95. The molecule has 0 amide bonds. The quantitative estimate of drug-likeness (QED) is 0.789. The molecule has 0 N–H and O–H groups in total. The average Bonchev–Trinajstić information content (AvgIpc) is 2.92. The summed E-state index contributed by atoms with van der Waals surface area (Å²) >= 11 is 12.1. The van der Waals surface area contributed by atoms with Gasteiger partial charge in [-0.3, -0.25) is 0 Å². The van der Waals surface area contributed by atoms with Crippen LogP contribution in [-0.2, 0) is 16.2 Å². The predicted octanol–water partition coefficient (Wildman–Crippen LogP) is 3.56. The second kappa shape index (κ2) is 4.41. The fourth-order valence-electron chi connectivity index (χ4n) is 2.62. The fraction of sp³-hybridized carbons (Fsp3) is 0.462. The van der Waals surface area contributed by atoms with Crippen molar-refractivity contribution in [3.05, 3.63) is 29.0 Å². The molecule has 18 heavy (non-hydrogen) atoms. The minimum atomic E-state index is -0.0797. The highest BCUT2D eigenvalue weighted by Gasteiger charge is 2.34. The number of imidazole rings is 1. The van der Waals surface area contributed by atoms with E-state index in [0.29, 0.717) is 17.5 Å². The lowest BCUT2D eigenvalue weighted by Crippen LogP contribution is -2.31. The van der Waals surface area contributed by atoms with Crippen molar-refractivity contribution in [1.29, 1.82) is 0 Å². The monoisotopic (exact) mass is 284 g/mol. The Balaban J connectivity index is 2.27. The predicted molar refractivity (Wildman–Crippen MR) is 73.4 cm³/mol. The fourth-order valence-corrected chi connectivity index (χ4v) is 2.97. The Labute approximate surface area is 116 Å². The standard InChI is InChI=1S/C13H14Cl2N2O/c1-13(4-5-18-8-13)17-11-6-9(15)2-3-10(11)16-12(17)7-14/h2-3,6H,4-5,7-8H2,1H3. The van der Waals surface area contributed by atoms with Gasteiger partial charge in [-0.15, -0.1) is 11.6 Å². The van der Waals surface area contributed by atoms with Gasteiger partial charge in [0.25, 0.3) is 0 Å². The largest absolute Gasteiger partial charge is 0.379 e. The van der Waals surface area contributed by atoms with Gasteiger partial charge in [0.1, 0.15) is 5.82 Å². The molecule has 5 heteroatoms. The van der Waals surface area contributed by atoms with E-state index in [0.717, 1.165) is 29.9 Å². The summed E-state index contributed by atoms with van der Waals surface area (Å²) in [5.74, 6) is 1.27. The Morgan fingerprint density at radius 1 is 1.50 bits per heavy atom. The number of hydrogen-bond donors (Lipinski definition) is 0. The number of ether oxygens (including phenoxy) is 1. The van der Waals surface area contributed by atoms with Crippen molar-refractivity contribution in [2.24, 2.45) is 0 Å². The highest BCUT2D eigenvalue weighted by molar-refractivity contribution is 6.31. The van der Waals surface area contributed by atoms with Crippen LogP contribution in [0.25, 0.3) is 11.0 Å². The smallest absolute Gasteiger partial charge is 0.125 e. The van der Waals surface area contributed by atoms with Gasteiger partial charge in [0.2, 0.25) is 0 Å². The van der Waals surface area contributed by atoms with E-state index in [1.165, 1.54) is 0 Å². The molecule has 0 saturated carbocycles. The van der Waals surface area contributed by atoms with Crippen molar-refractivity contribution >= 4 is 34.2 Å². The molecule has 1 saturated heterocycles. The maximum absolute atomic E-state index is 6.09. The van der Waals surface area contributed by atoms with Crippen molar-refractivity contribution in [2.75, 3.05) is 13.2 Å². The van der Waals surface area contributed by atoms with Gasteiger partial charge in [-0.25, -0.2) is 4.98 Å². The summed E-state index contributed by atoms with van der Waals surface area (Å²) in [5, 5.41) is 0.715. The third-order valence-corrected chi connectivity index (χ3v) is 4.02. The molecule has 1 atom stereocenters. The van der Waals surface area contributed by atoms with Gasteiger partial charge in [-0.2, -0.15) is 0 Å². The molecule has 1 aromatic carbocycles. The van der Waals surface area contributed by atoms with Gasteiger partial charge < -0.3 is 9.30 Å². The van der Waals surface area contributed by atoms with Crippen molar-refractivity contribution in [1.82, 2.24) is 9.55 Å².